The second kappa shape index (κ2) is 9.36. The van der Waals surface area contributed by atoms with Crippen LogP contribution in [0.25, 0.3) is 0 Å². The van der Waals surface area contributed by atoms with E-state index < -0.39 is 0 Å². The summed E-state index contributed by atoms with van der Waals surface area (Å²) in [5, 5.41) is 0. The van der Waals surface area contributed by atoms with E-state index in [-0.39, 0.29) is 5.60 Å². The number of ether oxygens (including phenoxy) is 3. The molecule has 4 heteroatoms. The van der Waals surface area contributed by atoms with Gasteiger partial charge in [-0.25, -0.2) is 0 Å². The Balaban J connectivity index is 1.33. The van der Waals surface area contributed by atoms with Crippen LogP contribution in [-0.4, -0.2) is 61.7 Å². The summed E-state index contributed by atoms with van der Waals surface area (Å²) in [4.78, 5) is 2.59. The van der Waals surface area contributed by atoms with Crippen LogP contribution >= 0.6 is 0 Å². The molecule has 4 nitrogen and oxygen atoms in total. The standard InChI is InChI=1S/C22H43NO3/c1-20(2,3)23-17-22(18-23)15-19(16-22)25-13-9-7-11-24-12-8-10-14-26-21(4,5)6/h19H,7-18H2,1-6H3. The molecule has 0 atom stereocenters. The van der Waals surface area contributed by atoms with Gasteiger partial charge in [-0.15, -0.1) is 0 Å². The number of unbranched alkanes of at least 4 members (excludes halogenated alkanes) is 2. The lowest BCUT2D eigenvalue weighted by atomic mass is 9.61. The van der Waals surface area contributed by atoms with Crippen LogP contribution in [0.5, 0.6) is 0 Å². The van der Waals surface area contributed by atoms with Gasteiger partial charge in [-0.1, -0.05) is 0 Å². The molecule has 1 spiro atoms. The first kappa shape index (κ1) is 22.1. The molecular formula is C22H43NO3. The van der Waals surface area contributed by atoms with Crippen molar-refractivity contribution in [2.24, 2.45) is 5.41 Å². The highest BCUT2D eigenvalue weighted by molar-refractivity contribution is 5.07. The molecule has 0 aromatic carbocycles. The van der Waals surface area contributed by atoms with Gasteiger partial charge in [-0.2, -0.15) is 0 Å². The molecule has 0 bridgehead atoms. The van der Waals surface area contributed by atoms with Crippen molar-refractivity contribution >= 4 is 0 Å². The molecule has 26 heavy (non-hydrogen) atoms. The summed E-state index contributed by atoms with van der Waals surface area (Å²) in [6, 6.07) is 0. The van der Waals surface area contributed by atoms with E-state index in [0.717, 1.165) is 52.1 Å². The van der Waals surface area contributed by atoms with Gasteiger partial charge in [0.2, 0.25) is 0 Å². The fourth-order valence-electron chi connectivity index (χ4n) is 3.86. The molecule has 1 aliphatic carbocycles. The normalized spacial score (nSPS) is 21.0. The van der Waals surface area contributed by atoms with Crippen molar-refractivity contribution in [2.45, 2.75) is 97.3 Å². The number of rotatable bonds is 11. The highest BCUT2D eigenvalue weighted by atomic mass is 16.5. The summed E-state index contributed by atoms with van der Waals surface area (Å²) in [7, 11) is 0. The van der Waals surface area contributed by atoms with E-state index in [0.29, 0.717) is 17.1 Å². The average molecular weight is 370 g/mol. The lowest BCUT2D eigenvalue weighted by Crippen LogP contribution is -2.68. The predicted molar refractivity (Wildman–Crippen MR) is 108 cm³/mol. The van der Waals surface area contributed by atoms with Crippen molar-refractivity contribution in [3.05, 3.63) is 0 Å². The van der Waals surface area contributed by atoms with Crippen LogP contribution in [0.1, 0.15) is 80.1 Å². The third-order valence-corrected chi connectivity index (χ3v) is 5.58. The minimum Gasteiger partial charge on any atom is -0.381 e. The molecule has 1 saturated carbocycles. The average Bonchev–Trinajstić information content (AvgIpc) is 2.41. The molecule has 1 aliphatic heterocycles. The van der Waals surface area contributed by atoms with E-state index in [1.807, 2.05) is 0 Å². The summed E-state index contributed by atoms with van der Waals surface area (Å²) in [5.74, 6) is 0. The third-order valence-electron chi connectivity index (χ3n) is 5.58. The lowest BCUT2D eigenvalue weighted by Gasteiger charge is -2.62. The maximum absolute atomic E-state index is 6.03. The molecule has 154 valence electrons. The first-order chi connectivity index (χ1) is 12.1. The third kappa shape index (κ3) is 7.46. The first-order valence-electron chi connectivity index (χ1n) is 10.7. The Morgan fingerprint density at radius 1 is 0.808 bits per heavy atom. The monoisotopic (exact) mass is 369 g/mol. The highest BCUT2D eigenvalue weighted by Crippen LogP contribution is 2.51. The largest absolute Gasteiger partial charge is 0.381 e. The quantitative estimate of drug-likeness (QED) is 0.496. The topological polar surface area (TPSA) is 30.9 Å². The molecule has 0 aromatic rings. The van der Waals surface area contributed by atoms with E-state index in [1.54, 1.807) is 0 Å². The summed E-state index contributed by atoms with van der Waals surface area (Å²) in [5.41, 5.74) is 0.903. The van der Waals surface area contributed by atoms with Crippen molar-refractivity contribution < 1.29 is 14.2 Å². The zero-order chi connectivity index (χ0) is 19.3. The Morgan fingerprint density at radius 3 is 1.88 bits per heavy atom. The van der Waals surface area contributed by atoms with Crippen LogP contribution in [0, 0.1) is 5.41 Å². The van der Waals surface area contributed by atoms with Crippen molar-refractivity contribution in [2.75, 3.05) is 39.5 Å². The Kier molecular flexibility index (Phi) is 7.97. The minimum atomic E-state index is -0.0223. The van der Waals surface area contributed by atoms with Gasteiger partial charge in [-0.05, 0) is 80.1 Å². The number of likely N-dealkylation sites (tertiary alicyclic amines) is 1. The van der Waals surface area contributed by atoms with Gasteiger partial charge in [0, 0.05) is 50.5 Å². The predicted octanol–water partition coefficient (Wildman–Crippen LogP) is 4.66. The molecule has 1 heterocycles. The smallest absolute Gasteiger partial charge is 0.0598 e. The van der Waals surface area contributed by atoms with Crippen LogP contribution in [0.15, 0.2) is 0 Å². The molecule has 2 aliphatic rings. The summed E-state index contributed by atoms with van der Waals surface area (Å²) >= 11 is 0. The molecule has 0 amide bonds. The van der Waals surface area contributed by atoms with Gasteiger partial charge in [0.05, 0.1) is 11.7 Å². The van der Waals surface area contributed by atoms with Crippen LogP contribution in [-0.2, 0) is 14.2 Å². The van der Waals surface area contributed by atoms with E-state index >= 15 is 0 Å². The Morgan fingerprint density at radius 2 is 1.35 bits per heavy atom. The second-order valence-electron chi connectivity index (χ2n) is 10.4. The summed E-state index contributed by atoms with van der Waals surface area (Å²) in [6.45, 7) is 19.2. The summed E-state index contributed by atoms with van der Waals surface area (Å²) in [6.07, 6.45) is 7.44. The van der Waals surface area contributed by atoms with Crippen molar-refractivity contribution in [3.63, 3.8) is 0 Å². The van der Waals surface area contributed by atoms with Gasteiger partial charge in [-0.3, -0.25) is 4.90 Å². The van der Waals surface area contributed by atoms with Gasteiger partial charge < -0.3 is 14.2 Å². The second-order valence-corrected chi connectivity index (χ2v) is 10.4. The maximum Gasteiger partial charge on any atom is 0.0598 e. The molecule has 0 unspecified atom stereocenters. The zero-order valence-electron chi connectivity index (χ0n) is 18.2. The molecule has 2 rings (SSSR count). The number of nitrogens with zero attached hydrogens (tertiary/aromatic N) is 1. The van der Waals surface area contributed by atoms with Crippen LogP contribution in [0.2, 0.25) is 0 Å². The van der Waals surface area contributed by atoms with Crippen LogP contribution < -0.4 is 0 Å². The number of hydrogen-bond acceptors (Lipinski definition) is 4. The van der Waals surface area contributed by atoms with E-state index in [4.69, 9.17) is 14.2 Å². The summed E-state index contributed by atoms with van der Waals surface area (Å²) < 4.78 is 17.4. The fraction of sp³-hybridized carbons (Fsp3) is 1.00. The number of hydrogen-bond donors (Lipinski definition) is 0. The van der Waals surface area contributed by atoms with Crippen LogP contribution in [0.3, 0.4) is 0 Å². The van der Waals surface area contributed by atoms with Crippen LogP contribution in [0.4, 0.5) is 0 Å². The van der Waals surface area contributed by atoms with Crippen molar-refractivity contribution in [3.8, 4) is 0 Å². The Labute approximate surface area is 161 Å². The Bertz CT molecular complexity index is 397. The lowest BCUT2D eigenvalue weighted by molar-refractivity contribution is -0.172. The maximum atomic E-state index is 6.03. The van der Waals surface area contributed by atoms with E-state index in [9.17, 15) is 0 Å². The van der Waals surface area contributed by atoms with Crippen molar-refractivity contribution in [1.82, 2.24) is 4.90 Å². The van der Waals surface area contributed by atoms with Gasteiger partial charge in [0.15, 0.2) is 0 Å². The molecule has 0 aromatic heterocycles. The minimum absolute atomic E-state index is 0.0223. The van der Waals surface area contributed by atoms with E-state index in [2.05, 4.69) is 46.4 Å². The SMILES string of the molecule is CC(C)(C)OCCCCOCCCCOC1CC2(C1)CN(C(C)(C)C)C2. The molecule has 1 saturated heterocycles. The highest BCUT2D eigenvalue weighted by Gasteiger charge is 2.54. The zero-order valence-corrected chi connectivity index (χ0v) is 18.2. The first-order valence-corrected chi connectivity index (χ1v) is 10.7. The fourth-order valence-corrected chi connectivity index (χ4v) is 3.86. The van der Waals surface area contributed by atoms with Gasteiger partial charge >= 0.3 is 0 Å². The molecule has 0 N–H and O–H groups in total. The molecule has 0 radical (unpaired) electrons. The van der Waals surface area contributed by atoms with E-state index in [1.165, 1.54) is 25.9 Å². The molecule has 2 fully saturated rings. The van der Waals surface area contributed by atoms with Gasteiger partial charge in [0.1, 0.15) is 0 Å². The Hall–Kier alpha value is -0.160. The van der Waals surface area contributed by atoms with Crippen molar-refractivity contribution in [1.29, 1.82) is 0 Å². The van der Waals surface area contributed by atoms with Gasteiger partial charge in [0.25, 0.3) is 0 Å². The molecular weight excluding hydrogens is 326 g/mol.